The standard InChI is InChI=1S/C14H18ClFN2O4S/c1-18(2)23(20,21)8-9-6-22-7-12(9)17-14(19)13-10(15)4-3-5-11(13)16/h3-5,9,12H,6-8H2,1-2H3,(H,17,19). The van der Waals surface area contributed by atoms with Crippen molar-refractivity contribution < 1.29 is 22.3 Å². The largest absolute Gasteiger partial charge is 0.379 e. The number of carbonyl (C=O) groups excluding carboxylic acids is 1. The fourth-order valence-corrected chi connectivity index (χ4v) is 3.71. The maximum Gasteiger partial charge on any atom is 0.256 e. The SMILES string of the molecule is CN(C)S(=O)(=O)CC1COCC1NC(=O)c1c(F)cccc1Cl. The van der Waals surface area contributed by atoms with Gasteiger partial charge in [0, 0.05) is 20.0 Å². The van der Waals surface area contributed by atoms with Gasteiger partial charge < -0.3 is 10.1 Å². The second-order valence-corrected chi connectivity index (χ2v) is 8.17. The minimum atomic E-state index is -3.43. The zero-order valence-corrected chi connectivity index (χ0v) is 14.3. The number of nitrogens with zero attached hydrogens (tertiary/aromatic N) is 1. The van der Waals surface area contributed by atoms with E-state index in [9.17, 15) is 17.6 Å². The molecule has 1 fully saturated rings. The quantitative estimate of drug-likeness (QED) is 0.849. The minimum Gasteiger partial charge on any atom is -0.379 e. The molecule has 0 bridgehead atoms. The predicted octanol–water partition coefficient (Wildman–Crippen LogP) is 1.12. The lowest BCUT2D eigenvalue weighted by Gasteiger charge is -2.21. The number of halogens is 2. The highest BCUT2D eigenvalue weighted by Gasteiger charge is 2.34. The van der Waals surface area contributed by atoms with Crippen LogP contribution in [0.25, 0.3) is 0 Å². The van der Waals surface area contributed by atoms with Crippen LogP contribution < -0.4 is 5.32 Å². The summed E-state index contributed by atoms with van der Waals surface area (Å²) in [5, 5.41) is 2.62. The molecule has 0 aromatic heterocycles. The van der Waals surface area contributed by atoms with E-state index in [1.54, 1.807) is 0 Å². The third kappa shape index (κ3) is 4.20. The van der Waals surface area contributed by atoms with Crippen LogP contribution in [0.2, 0.25) is 5.02 Å². The van der Waals surface area contributed by atoms with Gasteiger partial charge >= 0.3 is 0 Å². The maximum atomic E-state index is 13.8. The van der Waals surface area contributed by atoms with Crippen LogP contribution in [0.5, 0.6) is 0 Å². The zero-order valence-electron chi connectivity index (χ0n) is 12.8. The van der Waals surface area contributed by atoms with Gasteiger partial charge in [0.2, 0.25) is 10.0 Å². The maximum absolute atomic E-state index is 13.8. The molecule has 0 spiro atoms. The molecule has 1 amide bonds. The molecule has 2 atom stereocenters. The summed E-state index contributed by atoms with van der Waals surface area (Å²) in [6, 6.07) is 3.44. The second kappa shape index (κ2) is 7.12. The van der Waals surface area contributed by atoms with Gasteiger partial charge in [0.1, 0.15) is 5.82 Å². The first kappa shape index (κ1) is 18.1. The minimum absolute atomic E-state index is 0.00104. The van der Waals surface area contributed by atoms with Gasteiger partial charge in [0.05, 0.1) is 35.6 Å². The average Bonchev–Trinajstić information content (AvgIpc) is 2.84. The van der Waals surface area contributed by atoms with Gasteiger partial charge in [-0.3, -0.25) is 4.79 Å². The van der Waals surface area contributed by atoms with Gasteiger partial charge in [0.25, 0.3) is 5.91 Å². The van der Waals surface area contributed by atoms with E-state index in [4.69, 9.17) is 16.3 Å². The summed E-state index contributed by atoms with van der Waals surface area (Å²) in [4.78, 5) is 12.2. The van der Waals surface area contributed by atoms with Crippen molar-refractivity contribution in [2.45, 2.75) is 6.04 Å². The molecule has 0 saturated carbocycles. The Bertz CT molecular complexity index is 676. The van der Waals surface area contributed by atoms with Gasteiger partial charge in [-0.15, -0.1) is 0 Å². The Kier molecular flexibility index (Phi) is 5.61. The summed E-state index contributed by atoms with van der Waals surface area (Å²) in [6.45, 7) is 0.383. The van der Waals surface area contributed by atoms with E-state index in [0.717, 1.165) is 10.4 Å². The van der Waals surface area contributed by atoms with Crippen LogP contribution in [0.3, 0.4) is 0 Å². The summed E-state index contributed by atoms with van der Waals surface area (Å²) in [6.07, 6.45) is 0. The number of nitrogens with one attached hydrogen (secondary N) is 1. The Morgan fingerprint density at radius 3 is 2.74 bits per heavy atom. The van der Waals surface area contributed by atoms with Crippen LogP contribution in [0.4, 0.5) is 4.39 Å². The van der Waals surface area contributed by atoms with Crippen LogP contribution in [0.15, 0.2) is 18.2 Å². The lowest BCUT2D eigenvalue weighted by molar-refractivity contribution is 0.0922. The molecular formula is C14H18ClFN2O4S. The van der Waals surface area contributed by atoms with E-state index in [2.05, 4.69) is 5.32 Å². The average molecular weight is 365 g/mol. The first-order chi connectivity index (χ1) is 10.7. The van der Waals surface area contributed by atoms with E-state index in [1.807, 2.05) is 0 Å². The van der Waals surface area contributed by atoms with Crippen LogP contribution in [0.1, 0.15) is 10.4 Å². The molecule has 2 rings (SSSR count). The lowest BCUT2D eigenvalue weighted by Crippen LogP contribution is -2.43. The van der Waals surface area contributed by atoms with E-state index in [1.165, 1.54) is 26.2 Å². The van der Waals surface area contributed by atoms with Crippen LogP contribution in [-0.4, -0.2) is 57.7 Å². The van der Waals surface area contributed by atoms with Crippen molar-refractivity contribution >= 4 is 27.5 Å². The van der Waals surface area contributed by atoms with Crippen LogP contribution in [-0.2, 0) is 14.8 Å². The lowest BCUT2D eigenvalue weighted by atomic mass is 10.1. The Balaban J connectivity index is 2.11. The Hall–Kier alpha value is -1.22. The molecular weight excluding hydrogens is 347 g/mol. The number of carbonyl (C=O) groups is 1. The number of ether oxygens (including phenoxy) is 1. The highest BCUT2D eigenvalue weighted by atomic mass is 35.5. The summed E-state index contributed by atoms with van der Waals surface area (Å²) in [5.74, 6) is -1.98. The first-order valence-electron chi connectivity index (χ1n) is 6.95. The van der Waals surface area contributed by atoms with Gasteiger partial charge in [-0.2, -0.15) is 0 Å². The van der Waals surface area contributed by atoms with E-state index in [0.29, 0.717) is 0 Å². The van der Waals surface area contributed by atoms with Crippen LogP contribution in [0, 0.1) is 11.7 Å². The van der Waals surface area contributed by atoms with Gasteiger partial charge in [-0.05, 0) is 12.1 Å². The third-order valence-corrected chi connectivity index (χ3v) is 5.96. The molecule has 1 aliphatic heterocycles. The van der Waals surface area contributed by atoms with E-state index < -0.39 is 33.7 Å². The van der Waals surface area contributed by atoms with Gasteiger partial charge in [0.15, 0.2) is 0 Å². The normalized spacial score (nSPS) is 21.6. The predicted molar refractivity (Wildman–Crippen MR) is 84.4 cm³/mol. The Morgan fingerprint density at radius 2 is 2.13 bits per heavy atom. The Labute approximate surface area is 139 Å². The first-order valence-corrected chi connectivity index (χ1v) is 8.94. The molecule has 0 aliphatic carbocycles. The summed E-state index contributed by atoms with van der Waals surface area (Å²) in [5.41, 5.74) is -0.254. The highest BCUT2D eigenvalue weighted by molar-refractivity contribution is 7.89. The van der Waals surface area contributed by atoms with Crippen LogP contribution >= 0.6 is 11.6 Å². The summed E-state index contributed by atoms with van der Waals surface area (Å²) in [7, 11) is -0.545. The molecule has 128 valence electrons. The molecule has 2 unspecified atom stereocenters. The summed E-state index contributed by atoms with van der Waals surface area (Å²) >= 11 is 5.86. The highest BCUT2D eigenvalue weighted by Crippen LogP contribution is 2.21. The van der Waals surface area contributed by atoms with Crippen molar-refractivity contribution in [1.29, 1.82) is 0 Å². The number of hydrogen-bond donors (Lipinski definition) is 1. The molecule has 1 aromatic rings. The van der Waals surface area contributed by atoms with Crippen molar-refractivity contribution in [2.75, 3.05) is 33.1 Å². The third-order valence-electron chi connectivity index (χ3n) is 3.69. The molecule has 6 nitrogen and oxygen atoms in total. The number of rotatable bonds is 5. The molecule has 23 heavy (non-hydrogen) atoms. The molecule has 0 radical (unpaired) electrons. The van der Waals surface area contributed by atoms with E-state index >= 15 is 0 Å². The molecule has 1 heterocycles. The molecule has 1 aliphatic rings. The smallest absolute Gasteiger partial charge is 0.256 e. The topological polar surface area (TPSA) is 75.7 Å². The molecule has 1 N–H and O–H groups in total. The molecule has 1 saturated heterocycles. The van der Waals surface area contributed by atoms with Crippen molar-refractivity contribution in [1.82, 2.24) is 9.62 Å². The fourth-order valence-electron chi connectivity index (χ4n) is 2.30. The molecule has 1 aromatic carbocycles. The van der Waals surface area contributed by atoms with Gasteiger partial charge in [-0.1, -0.05) is 17.7 Å². The number of sulfonamides is 1. The Morgan fingerprint density at radius 1 is 1.43 bits per heavy atom. The number of benzene rings is 1. The summed E-state index contributed by atoms with van der Waals surface area (Å²) < 4.78 is 44.1. The molecule has 9 heteroatoms. The monoisotopic (exact) mass is 364 g/mol. The number of amides is 1. The van der Waals surface area contributed by atoms with Crippen molar-refractivity contribution in [3.8, 4) is 0 Å². The van der Waals surface area contributed by atoms with Crippen molar-refractivity contribution in [3.05, 3.63) is 34.6 Å². The van der Waals surface area contributed by atoms with Crippen molar-refractivity contribution in [2.24, 2.45) is 5.92 Å². The van der Waals surface area contributed by atoms with Gasteiger partial charge in [-0.25, -0.2) is 17.1 Å². The van der Waals surface area contributed by atoms with E-state index in [-0.39, 0.29) is 29.6 Å². The zero-order chi connectivity index (χ0) is 17.2. The fraction of sp³-hybridized carbons (Fsp3) is 0.500. The second-order valence-electron chi connectivity index (χ2n) is 5.54. The number of hydrogen-bond acceptors (Lipinski definition) is 4. The van der Waals surface area contributed by atoms with Crippen molar-refractivity contribution in [3.63, 3.8) is 0 Å².